The summed E-state index contributed by atoms with van der Waals surface area (Å²) in [6.07, 6.45) is 4.28. The molecule has 1 fully saturated rings. The van der Waals surface area contributed by atoms with Gasteiger partial charge in [0.1, 0.15) is 17.1 Å². The van der Waals surface area contributed by atoms with Crippen LogP contribution < -0.4 is 5.73 Å². The topological polar surface area (TPSA) is 112 Å². The Labute approximate surface area is 161 Å². The molecule has 0 saturated carbocycles. The monoisotopic (exact) mass is 387 g/mol. The number of aryl methyl sites for hydroxylation is 1. The number of fused-ring (bicyclic) bond motifs is 1. The van der Waals surface area contributed by atoms with Crippen LogP contribution in [0.15, 0.2) is 18.3 Å². The molecule has 0 amide bonds. The molecule has 4 rings (SSSR count). The van der Waals surface area contributed by atoms with E-state index in [2.05, 4.69) is 4.98 Å². The number of benzene rings is 1. The van der Waals surface area contributed by atoms with Crippen LogP contribution in [0.1, 0.15) is 55.5 Å². The summed E-state index contributed by atoms with van der Waals surface area (Å²) in [5.41, 5.74) is 6.34. The van der Waals surface area contributed by atoms with Crippen molar-refractivity contribution in [2.24, 2.45) is 0 Å². The van der Waals surface area contributed by atoms with Crippen molar-refractivity contribution in [1.29, 1.82) is 0 Å². The minimum atomic E-state index is -1.03. The highest BCUT2D eigenvalue weighted by Crippen LogP contribution is 2.43. The van der Waals surface area contributed by atoms with Crippen LogP contribution in [-0.2, 0) is 16.8 Å². The van der Waals surface area contributed by atoms with Gasteiger partial charge in [0.25, 0.3) is 5.69 Å². The van der Waals surface area contributed by atoms with Gasteiger partial charge in [0.05, 0.1) is 16.7 Å². The van der Waals surface area contributed by atoms with Crippen molar-refractivity contribution < 1.29 is 19.2 Å². The lowest BCUT2D eigenvalue weighted by Gasteiger charge is -2.30. The molecular formula is C20H22FN3O4. The molecule has 0 spiro atoms. The van der Waals surface area contributed by atoms with E-state index in [1.54, 1.807) is 13.0 Å². The lowest BCUT2D eigenvalue weighted by atomic mass is 9.83. The third-order valence-electron chi connectivity index (χ3n) is 5.67. The number of nitro groups is 1. The van der Waals surface area contributed by atoms with E-state index in [4.69, 9.17) is 10.5 Å². The lowest BCUT2D eigenvalue weighted by Crippen LogP contribution is -2.28. The zero-order chi connectivity index (χ0) is 20.1. The first-order valence-corrected chi connectivity index (χ1v) is 9.39. The molecule has 1 aromatic carbocycles. The number of ether oxygens (including phenoxy) is 1. The molecule has 8 heteroatoms. The number of halogens is 1. The molecule has 3 N–H and O–H groups in total. The normalized spacial score (nSPS) is 24.2. The molecule has 7 nitrogen and oxygen atoms in total. The molecule has 2 unspecified atom stereocenters. The largest absolute Gasteiger partial charge is 0.393 e. The SMILES string of the molecule is CC1(O)CCCc2cc(-c3cc([N+](=O)[O-])c(N)c(C4CCCO4)c3F)cnc21. The van der Waals surface area contributed by atoms with Crippen molar-refractivity contribution in [2.75, 3.05) is 12.3 Å². The fourth-order valence-electron chi connectivity index (χ4n) is 4.23. The van der Waals surface area contributed by atoms with Crippen LogP contribution in [0.4, 0.5) is 15.8 Å². The second kappa shape index (κ2) is 6.79. The van der Waals surface area contributed by atoms with Gasteiger partial charge in [-0.1, -0.05) is 0 Å². The maximum Gasteiger partial charge on any atom is 0.293 e. The van der Waals surface area contributed by atoms with Gasteiger partial charge in [-0.25, -0.2) is 4.39 Å². The van der Waals surface area contributed by atoms with Crippen LogP contribution in [0.3, 0.4) is 0 Å². The van der Waals surface area contributed by atoms with Crippen molar-refractivity contribution in [2.45, 2.75) is 50.7 Å². The van der Waals surface area contributed by atoms with Gasteiger partial charge in [0.15, 0.2) is 0 Å². The van der Waals surface area contributed by atoms with Gasteiger partial charge in [0.2, 0.25) is 0 Å². The third kappa shape index (κ3) is 3.02. The summed E-state index contributed by atoms with van der Waals surface area (Å²) in [6.45, 7) is 2.18. The van der Waals surface area contributed by atoms with E-state index >= 15 is 4.39 Å². The molecule has 0 radical (unpaired) electrons. The minimum Gasteiger partial charge on any atom is -0.393 e. The second-order valence-electron chi connectivity index (χ2n) is 7.70. The van der Waals surface area contributed by atoms with E-state index < -0.39 is 22.4 Å². The highest BCUT2D eigenvalue weighted by atomic mass is 19.1. The highest BCUT2D eigenvalue weighted by molar-refractivity contribution is 5.76. The summed E-state index contributed by atoms with van der Waals surface area (Å²) in [5, 5.41) is 22.0. The fraction of sp³-hybridized carbons (Fsp3) is 0.450. The van der Waals surface area contributed by atoms with Crippen molar-refractivity contribution >= 4 is 11.4 Å². The van der Waals surface area contributed by atoms with Crippen molar-refractivity contribution in [3.8, 4) is 11.1 Å². The Balaban J connectivity index is 1.89. The number of rotatable bonds is 3. The van der Waals surface area contributed by atoms with E-state index in [9.17, 15) is 15.2 Å². The van der Waals surface area contributed by atoms with E-state index in [0.717, 1.165) is 24.5 Å². The van der Waals surface area contributed by atoms with E-state index in [1.165, 1.54) is 6.20 Å². The Morgan fingerprint density at radius 1 is 1.43 bits per heavy atom. The number of nitrogens with zero attached hydrogens (tertiary/aromatic N) is 2. The van der Waals surface area contributed by atoms with Gasteiger partial charge in [0, 0.05) is 35.6 Å². The van der Waals surface area contributed by atoms with Crippen LogP contribution in [0.25, 0.3) is 11.1 Å². The number of aromatic nitrogens is 1. The van der Waals surface area contributed by atoms with Crippen molar-refractivity contribution in [3.63, 3.8) is 0 Å². The standard InChI is InChI=1S/C20H22FN3O4/c1-20(25)6-2-4-11-8-12(10-23-19(11)20)13-9-14(24(26)27)18(22)16(17(13)21)15-5-3-7-28-15/h8-10,15,25H,2-7,22H2,1H3. The van der Waals surface area contributed by atoms with Gasteiger partial charge < -0.3 is 15.6 Å². The first-order chi connectivity index (χ1) is 13.3. The van der Waals surface area contributed by atoms with Crippen LogP contribution in [0.2, 0.25) is 0 Å². The summed E-state index contributed by atoms with van der Waals surface area (Å²) in [7, 11) is 0. The predicted octanol–water partition coefficient (Wildman–Crippen LogP) is 3.77. The average Bonchev–Trinajstić information content (AvgIpc) is 3.15. The Morgan fingerprint density at radius 3 is 2.89 bits per heavy atom. The van der Waals surface area contributed by atoms with Gasteiger partial charge in [-0.3, -0.25) is 15.1 Å². The smallest absolute Gasteiger partial charge is 0.293 e. The number of hydrogen-bond donors (Lipinski definition) is 2. The number of aliphatic hydroxyl groups is 1. The number of nitrogens with two attached hydrogens (primary N) is 1. The maximum absolute atomic E-state index is 15.4. The van der Waals surface area contributed by atoms with Crippen LogP contribution in [0, 0.1) is 15.9 Å². The molecular weight excluding hydrogens is 365 g/mol. The van der Waals surface area contributed by atoms with Crippen molar-refractivity contribution in [1.82, 2.24) is 4.98 Å². The zero-order valence-corrected chi connectivity index (χ0v) is 15.6. The molecule has 1 saturated heterocycles. The molecule has 148 valence electrons. The molecule has 28 heavy (non-hydrogen) atoms. The molecule has 1 aliphatic carbocycles. The number of anilines is 1. The molecule has 2 heterocycles. The van der Waals surface area contributed by atoms with Crippen LogP contribution >= 0.6 is 0 Å². The van der Waals surface area contributed by atoms with E-state index in [0.29, 0.717) is 37.1 Å². The summed E-state index contributed by atoms with van der Waals surface area (Å²) in [5.74, 6) is -0.612. The first-order valence-electron chi connectivity index (χ1n) is 9.39. The predicted molar refractivity (Wildman–Crippen MR) is 101 cm³/mol. The van der Waals surface area contributed by atoms with Crippen molar-refractivity contribution in [3.05, 3.63) is 51.1 Å². The molecule has 2 atom stereocenters. The quantitative estimate of drug-likeness (QED) is 0.471. The summed E-state index contributed by atoms with van der Waals surface area (Å²) < 4.78 is 21.0. The second-order valence-corrected chi connectivity index (χ2v) is 7.70. The van der Waals surface area contributed by atoms with Crippen LogP contribution in [-0.4, -0.2) is 21.6 Å². The molecule has 2 aliphatic rings. The maximum atomic E-state index is 15.4. The minimum absolute atomic E-state index is 0.0476. The number of hydrogen-bond acceptors (Lipinski definition) is 6. The zero-order valence-electron chi connectivity index (χ0n) is 15.6. The molecule has 1 aromatic heterocycles. The fourth-order valence-corrected chi connectivity index (χ4v) is 4.23. The summed E-state index contributed by atoms with van der Waals surface area (Å²) in [6, 6.07) is 2.92. The number of pyridine rings is 1. The summed E-state index contributed by atoms with van der Waals surface area (Å²) in [4.78, 5) is 15.3. The average molecular weight is 387 g/mol. The molecule has 1 aliphatic heterocycles. The summed E-state index contributed by atoms with van der Waals surface area (Å²) >= 11 is 0. The molecule has 0 bridgehead atoms. The number of nitrogen functional groups attached to an aromatic ring is 1. The van der Waals surface area contributed by atoms with Crippen LogP contribution in [0.5, 0.6) is 0 Å². The van der Waals surface area contributed by atoms with Gasteiger partial charge >= 0.3 is 0 Å². The molecule has 2 aromatic rings. The van der Waals surface area contributed by atoms with Gasteiger partial charge in [-0.2, -0.15) is 0 Å². The lowest BCUT2D eigenvalue weighted by molar-refractivity contribution is -0.384. The van der Waals surface area contributed by atoms with E-state index in [-0.39, 0.29) is 22.5 Å². The Bertz CT molecular complexity index is 955. The third-order valence-corrected chi connectivity index (χ3v) is 5.67. The Morgan fingerprint density at radius 2 is 2.21 bits per heavy atom. The van der Waals surface area contributed by atoms with E-state index in [1.807, 2.05) is 0 Å². The van der Waals surface area contributed by atoms with Gasteiger partial charge in [-0.05, 0) is 50.7 Å². The Hall–Kier alpha value is -2.58. The first kappa shape index (κ1) is 18.8. The number of nitro benzene ring substituents is 1. The van der Waals surface area contributed by atoms with Gasteiger partial charge in [-0.15, -0.1) is 0 Å². The Kier molecular flexibility index (Phi) is 4.55. The highest BCUT2D eigenvalue weighted by Gasteiger charge is 2.33.